The largest absolute Gasteiger partial charge is 0.375 e. The molecule has 0 saturated carbocycles. The number of nitrogens with zero attached hydrogens (tertiary/aromatic N) is 3. The second-order valence-corrected chi connectivity index (χ2v) is 6.37. The van der Waals surface area contributed by atoms with Crippen LogP contribution in [0.2, 0.25) is 0 Å². The Hall–Kier alpha value is -1.14. The van der Waals surface area contributed by atoms with Gasteiger partial charge in [-0.15, -0.1) is 11.3 Å². The highest BCUT2D eigenvalue weighted by Crippen LogP contribution is 2.18. The van der Waals surface area contributed by atoms with Gasteiger partial charge in [-0.2, -0.15) is 0 Å². The van der Waals surface area contributed by atoms with Gasteiger partial charge in [0.2, 0.25) is 0 Å². The molecule has 112 valence electrons. The zero-order valence-corrected chi connectivity index (χ0v) is 13.4. The standard InChI is InChI=1S/C14H24N4OS/c1-4-12-11(3)20-13(17-12)5-6-16-14(15)18-7-8-19-10(2)9-18/h10H,4-9H2,1-3H3,(H2,15,16). The molecular weight excluding hydrogens is 272 g/mol. The Morgan fingerprint density at radius 2 is 2.40 bits per heavy atom. The third-order valence-corrected chi connectivity index (χ3v) is 4.51. The van der Waals surface area contributed by atoms with E-state index in [9.17, 15) is 0 Å². The molecule has 1 aliphatic heterocycles. The molecule has 1 saturated heterocycles. The van der Waals surface area contributed by atoms with Gasteiger partial charge in [-0.05, 0) is 20.3 Å². The minimum atomic E-state index is 0.228. The Labute approximate surface area is 124 Å². The van der Waals surface area contributed by atoms with Crippen molar-refractivity contribution in [1.29, 1.82) is 0 Å². The number of thiazole rings is 1. The van der Waals surface area contributed by atoms with Crippen LogP contribution in [0, 0.1) is 6.92 Å². The molecule has 0 bridgehead atoms. The quantitative estimate of drug-likeness (QED) is 0.677. The van der Waals surface area contributed by atoms with Crippen LogP contribution in [0.15, 0.2) is 4.99 Å². The smallest absolute Gasteiger partial charge is 0.191 e. The fourth-order valence-corrected chi connectivity index (χ4v) is 3.33. The summed E-state index contributed by atoms with van der Waals surface area (Å²) in [5, 5.41) is 1.16. The average Bonchev–Trinajstić information content (AvgIpc) is 2.79. The van der Waals surface area contributed by atoms with Crippen molar-refractivity contribution in [3.63, 3.8) is 0 Å². The zero-order chi connectivity index (χ0) is 14.5. The number of rotatable bonds is 4. The summed E-state index contributed by atoms with van der Waals surface area (Å²) >= 11 is 1.77. The van der Waals surface area contributed by atoms with Gasteiger partial charge in [-0.3, -0.25) is 4.99 Å². The highest BCUT2D eigenvalue weighted by atomic mass is 32.1. The van der Waals surface area contributed by atoms with Crippen LogP contribution < -0.4 is 5.73 Å². The van der Waals surface area contributed by atoms with Gasteiger partial charge in [0.25, 0.3) is 0 Å². The highest BCUT2D eigenvalue weighted by molar-refractivity contribution is 7.11. The Bertz CT molecular complexity index is 472. The molecule has 0 radical (unpaired) electrons. The van der Waals surface area contributed by atoms with E-state index in [1.807, 2.05) is 0 Å². The molecule has 0 aliphatic carbocycles. The lowest BCUT2D eigenvalue weighted by Crippen LogP contribution is -2.47. The topological polar surface area (TPSA) is 63.7 Å². The molecule has 0 aromatic carbocycles. The number of guanidine groups is 1. The third-order valence-electron chi connectivity index (χ3n) is 3.44. The van der Waals surface area contributed by atoms with Crippen molar-refractivity contribution < 1.29 is 4.74 Å². The number of hydrogen-bond donors (Lipinski definition) is 1. The lowest BCUT2D eigenvalue weighted by molar-refractivity contribution is 0.00530. The number of morpholine rings is 1. The van der Waals surface area contributed by atoms with Gasteiger partial charge >= 0.3 is 0 Å². The van der Waals surface area contributed by atoms with Crippen LogP contribution in [-0.2, 0) is 17.6 Å². The number of hydrogen-bond acceptors (Lipinski definition) is 4. The summed E-state index contributed by atoms with van der Waals surface area (Å²) in [6, 6.07) is 0. The fourth-order valence-electron chi connectivity index (χ4n) is 2.32. The summed E-state index contributed by atoms with van der Waals surface area (Å²) in [7, 11) is 0. The highest BCUT2D eigenvalue weighted by Gasteiger charge is 2.17. The number of aromatic nitrogens is 1. The molecule has 0 spiro atoms. The van der Waals surface area contributed by atoms with E-state index in [2.05, 4.69) is 35.6 Å². The van der Waals surface area contributed by atoms with E-state index >= 15 is 0 Å². The van der Waals surface area contributed by atoms with Crippen molar-refractivity contribution >= 4 is 17.3 Å². The predicted octanol–water partition coefficient (Wildman–Crippen LogP) is 1.59. The van der Waals surface area contributed by atoms with Crippen molar-refractivity contribution in [3.05, 3.63) is 15.6 Å². The molecule has 2 heterocycles. The molecule has 1 aromatic heterocycles. The van der Waals surface area contributed by atoms with Crippen LogP contribution in [0.4, 0.5) is 0 Å². The number of nitrogens with two attached hydrogens (primary N) is 1. The zero-order valence-electron chi connectivity index (χ0n) is 12.6. The second kappa shape index (κ2) is 7.04. The Kier molecular flexibility index (Phi) is 5.37. The van der Waals surface area contributed by atoms with Crippen molar-refractivity contribution in [2.45, 2.75) is 39.7 Å². The maximum Gasteiger partial charge on any atom is 0.191 e. The molecule has 1 unspecified atom stereocenters. The van der Waals surface area contributed by atoms with E-state index in [1.165, 1.54) is 10.6 Å². The van der Waals surface area contributed by atoms with Gasteiger partial charge in [0.1, 0.15) is 0 Å². The van der Waals surface area contributed by atoms with Gasteiger partial charge < -0.3 is 15.4 Å². The van der Waals surface area contributed by atoms with Crippen LogP contribution in [-0.4, -0.2) is 48.2 Å². The molecule has 5 nitrogen and oxygen atoms in total. The first-order valence-corrected chi connectivity index (χ1v) is 8.03. The third kappa shape index (κ3) is 3.93. The molecule has 2 N–H and O–H groups in total. The first-order chi connectivity index (χ1) is 9.60. The Balaban J connectivity index is 1.85. The molecular formula is C14H24N4OS. The normalized spacial score (nSPS) is 20.4. The summed E-state index contributed by atoms with van der Waals surface area (Å²) in [5.41, 5.74) is 7.25. The van der Waals surface area contributed by atoms with Crippen molar-refractivity contribution in [2.24, 2.45) is 10.7 Å². The fraction of sp³-hybridized carbons (Fsp3) is 0.714. The molecule has 1 atom stereocenters. The Morgan fingerprint density at radius 3 is 3.05 bits per heavy atom. The molecule has 6 heteroatoms. The molecule has 1 fully saturated rings. The maximum atomic E-state index is 6.04. The number of aliphatic imine (C=N–C) groups is 1. The minimum absolute atomic E-state index is 0.228. The van der Waals surface area contributed by atoms with Gasteiger partial charge in [0.15, 0.2) is 5.96 Å². The number of aryl methyl sites for hydroxylation is 2. The van der Waals surface area contributed by atoms with E-state index in [4.69, 9.17) is 10.5 Å². The molecule has 0 amide bonds. The van der Waals surface area contributed by atoms with Gasteiger partial charge in [0, 0.05) is 30.9 Å². The summed E-state index contributed by atoms with van der Waals surface area (Å²) in [5.74, 6) is 0.629. The summed E-state index contributed by atoms with van der Waals surface area (Å²) in [6.07, 6.45) is 2.09. The van der Waals surface area contributed by atoms with Crippen molar-refractivity contribution in [1.82, 2.24) is 9.88 Å². The second-order valence-electron chi connectivity index (χ2n) is 5.08. The average molecular weight is 296 g/mol. The van der Waals surface area contributed by atoms with E-state index < -0.39 is 0 Å². The van der Waals surface area contributed by atoms with Gasteiger partial charge in [0.05, 0.1) is 23.4 Å². The summed E-state index contributed by atoms with van der Waals surface area (Å²) < 4.78 is 5.50. The summed E-state index contributed by atoms with van der Waals surface area (Å²) in [4.78, 5) is 12.5. The molecule has 20 heavy (non-hydrogen) atoms. The van der Waals surface area contributed by atoms with Gasteiger partial charge in [-0.25, -0.2) is 4.98 Å². The minimum Gasteiger partial charge on any atom is -0.375 e. The molecule has 1 aromatic rings. The monoisotopic (exact) mass is 296 g/mol. The molecule has 2 rings (SSSR count). The number of ether oxygens (including phenoxy) is 1. The van der Waals surface area contributed by atoms with E-state index in [-0.39, 0.29) is 6.10 Å². The van der Waals surface area contributed by atoms with Crippen LogP contribution in [0.5, 0.6) is 0 Å². The molecule has 1 aliphatic rings. The van der Waals surface area contributed by atoms with E-state index in [1.54, 1.807) is 11.3 Å². The first kappa shape index (κ1) is 15.3. The first-order valence-electron chi connectivity index (χ1n) is 7.21. The van der Waals surface area contributed by atoms with Crippen molar-refractivity contribution in [3.8, 4) is 0 Å². The van der Waals surface area contributed by atoms with Gasteiger partial charge in [-0.1, -0.05) is 6.92 Å². The lowest BCUT2D eigenvalue weighted by atomic mass is 10.3. The van der Waals surface area contributed by atoms with Crippen molar-refractivity contribution in [2.75, 3.05) is 26.2 Å². The summed E-state index contributed by atoms with van der Waals surface area (Å²) in [6.45, 7) is 9.41. The predicted molar refractivity (Wildman–Crippen MR) is 83.4 cm³/mol. The van der Waals surface area contributed by atoms with Crippen LogP contribution in [0.25, 0.3) is 0 Å². The van der Waals surface area contributed by atoms with E-state index in [0.29, 0.717) is 12.5 Å². The maximum absolute atomic E-state index is 6.04. The van der Waals surface area contributed by atoms with Crippen LogP contribution in [0.3, 0.4) is 0 Å². The SMILES string of the molecule is CCc1nc(CCN=C(N)N2CCOC(C)C2)sc1C. The Morgan fingerprint density at radius 1 is 1.60 bits per heavy atom. The van der Waals surface area contributed by atoms with Crippen LogP contribution >= 0.6 is 11.3 Å². The lowest BCUT2D eigenvalue weighted by Gasteiger charge is -2.31. The van der Waals surface area contributed by atoms with E-state index in [0.717, 1.165) is 37.5 Å². The van der Waals surface area contributed by atoms with Crippen LogP contribution in [0.1, 0.15) is 29.4 Å².